The van der Waals surface area contributed by atoms with Crippen molar-refractivity contribution in [3.8, 4) is 5.69 Å². The van der Waals surface area contributed by atoms with E-state index in [9.17, 15) is 4.79 Å². The highest BCUT2D eigenvalue weighted by Crippen LogP contribution is 2.34. The summed E-state index contributed by atoms with van der Waals surface area (Å²) in [4.78, 5) is 14.4. The number of aromatic nitrogens is 4. The molecule has 1 aliphatic heterocycles. The lowest BCUT2D eigenvalue weighted by Crippen LogP contribution is -2.51. The highest BCUT2D eigenvalue weighted by atomic mass is 35.5. The normalized spacial score (nSPS) is 15.3. The number of hydrogen-bond donors (Lipinski definition) is 1. The molecule has 0 saturated carbocycles. The van der Waals surface area contributed by atoms with Gasteiger partial charge in [0.1, 0.15) is 0 Å². The van der Waals surface area contributed by atoms with Gasteiger partial charge >= 0.3 is 0 Å². The third kappa shape index (κ3) is 3.80. The van der Waals surface area contributed by atoms with Gasteiger partial charge in [0.15, 0.2) is 5.82 Å². The lowest BCUT2D eigenvalue weighted by atomic mass is 9.82. The predicted molar refractivity (Wildman–Crippen MR) is 126 cm³/mol. The number of nitrogens with zero attached hydrogens (tertiary/aromatic N) is 5. The van der Waals surface area contributed by atoms with Crippen LogP contribution in [0.3, 0.4) is 0 Å². The summed E-state index contributed by atoms with van der Waals surface area (Å²) in [5, 5.41) is 17.2. The van der Waals surface area contributed by atoms with Gasteiger partial charge in [-0.3, -0.25) is 4.79 Å². The molecule has 1 aromatic heterocycles. The van der Waals surface area contributed by atoms with E-state index in [1.807, 2.05) is 54.3 Å². The number of hydrogen-bond acceptors (Lipinski definition) is 5. The van der Waals surface area contributed by atoms with Gasteiger partial charge in [-0.2, -0.15) is 4.68 Å². The van der Waals surface area contributed by atoms with Crippen molar-refractivity contribution >= 4 is 23.2 Å². The van der Waals surface area contributed by atoms with E-state index in [-0.39, 0.29) is 11.8 Å². The number of tetrazole rings is 1. The van der Waals surface area contributed by atoms with Gasteiger partial charge in [0.2, 0.25) is 5.91 Å². The topological polar surface area (TPSA) is 75.9 Å². The molecular weight excluding hydrogens is 424 g/mol. The summed E-state index contributed by atoms with van der Waals surface area (Å²) in [6.45, 7) is 9.63. The largest absolute Gasteiger partial charge is 0.311 e. The molecule has 1 aliphatic rings. The molecule has 0 spiro atoms. The highest BCUT2D eigenvalue weighted by Gasteiger charge is 2.40. The number of carbonyl (C=O) groups excluding carboxylic acids is 1. The first kappa shape index (κ1) is 22.4. The van der Waals surface area contributed by atoms with Gasteiger partial charge < -0.3 is 10.2 Å². The van der Waals surface area contributed by atoms with Crippen LogP contribution in [-0.4, -0.2) is 39.2 Å². The first-order valence-electron chi connectivity index (χ1n) is 11.1. The van der Waals surface area contributed by atoms with Crippen molar-refractivity contribution in [2.24, 2.45) is 5.92 Å². The van der Waals surface area contributed by atoms with Crippen LogP contribution in [0.25, 0.3) is 5.69 Å². The second-order valence-corrected chi connectivity index (χ2v) is 8.96. The van der Waals surface area contributed by atoms with E-state index >= 15 is 0 Å². The average molecular weight is 453 g/mol. The molecule has 8 heteroatoms. The molecule has 1 amide bonds. The molecule has 32 heavy (non-hydrogen) atoms. The van der Waals surface area contributed by atoms with Crippen LogP contribution < -0.4 is 10.2 Å². The number of para-hydroxylation sites is 1. The van der Waals surface area contributed by atoms with Crippen molar-refractivity contribution in [3.05, 3.63) is 64.4 Å². The SMILES string of the molecule is CCC(NCCN1C(=O)Cc2ccccc21)(c1nnnn1-c1cccc(Cl)c1C)C(C)C. The third-order valence-electron chi connectivity index (χ3n) is 6.58. The number of fused-ring (bicyclic) bond motifs is 1. The van der Waals surface area contributed by atoms with Crippen LogP contribution in [0.4, 0.5) is 5.69 Å². The maximum absolute atomic E-state index is 12.6. The number of amides is 1. The Morgan fingerprint density at radius 2 is 1.91 bits per heavy atom. The van der Waals surface area contributed by atoms with Crippen molar-refractivity contribution < 1.29 is 4.79 Å². The summed E-state index contributed by atoms with van der Waals surface area (Å²) in [6.07, 6.45) is 1.25. The Morgan fingerprint density at radius 3 is 2.66 bits per heavy atom. The van der Waals surface area contributed by atoms with Crippen LogP contribution in [0.15, 0.2) is 42.5 Å². The van der Waals surface area contributed by atoms with E-state index in [4.69, 9.17) is 11.6 Å². The summed E-state index contributed by atoms with van der Waals surface area (Å²) in [6, 6.07) is 13.7. The molecule has 0 radical (unpaired) electrons. The zero-order valence-electron chi connectivity index (χ0n) is 19.0. The van der Waals surface area contributed by atoms with Crippen LogP contribution in [-0.2, 0) is 16.8 Å². The second-order valence-electron chi connectivity index (χ2n) is 8.56. The van der Waals surface area contributed by atoms with Gasteiger partial charge in [-0.25, -0.2) is 0 Å². The Bertz CT molecular complexity index is 1130. The monoisotopic (exact) mass is 452 g/mol. The third-order valence-corrected chi connectivity index (χ3v) is 6.99. The average Bonchev–Trinajstić information content (AvgIpc) is 3.38. The van der Waals surface area contributed by atoms with Gasteiger partial charge in [-0.05, 0) is 59.0 Å². The zero-order valence-corrected chi connectivity index (χ0v) is 19.7. The first-order chi connectivity index (χ1) is 15.4. The molecule has 168 valence electrons. The Balaban J connectivity index is 1.62. The molecule has 0 aliphatic carbocycles. The molecule has 0 bridgehead atoms. The van der Waals surface area contributed by atoms with Crippen molar-refractivity contribution in [1.82, 2.24) is 25.5 Å². The molecule has 3 aromatic rings. The second kappa shape index (κ2) is 9.00. The maximum Gasteiger partial charge on any atom is 0.231 e. The number of anilines is 1. The Morgan fingerprint density at radius 1 is 1.16 bits per heavy atom. The molecule has 7 nitrogen and oxygen atoms in total. The zero-order chi connectivity index (χ0) is 22.9. The van der Waals surface area contributed by atoms with E-state index in [2.05, 4.69) is 41.6 Å². The number of halogens is 1. The highest BCUT2D eigenvalue weighted by molar-refractivity contribution is 6.31. The molecule has 0 fully saturated rings. The van der Waals surface area contributed by atoms with E-state index in [0.717, 1.165) is 34.7 Å². The first-order valence-corrected chi connectivity index (χ1v) is 11.4. The molecule has 0 saturated heterocycles. The molecular formula is C24H29ClN6O. The Hall–Kier alpha value is -2.77. The summed E-state index contributed by atoms with van der Waals surface area (Å²) in [5.41, 5.74) is 3.41. The lowest BCUT2D eigenvalue weighted by molar-refractivity contribution is -0.117. The number of benzene rings is 2. The summed E-state index contributed by atoms with van der Waals surface area (Å²) in [7, 11) is 0. The molecule has 4 rings (SSSR count). The van der Waals surface area contributed by atoms with Gasteiger partial charge in [-0.1, -0.05) is 56.6 Å². The molecule has 2 aromatic carbocycles. The van der Waals surface area contributed by atoms with Gasteiger partial charge in [-0.15, -0.1) is 5.10 Å². The quantitative estimate of drug-likeness (QED) is 0.557. The molecule has 1 atom stereocenters. The maximum atomic E-state index is 12.6. The fraction of sp³-hybridized carbons (Fsp3) is 0.417. The van der Waals surface area contributed by atoms with Crippen molar-refractivity contribution in [2.45, 2.75) is 46.1 Å². The van der Waals surface area contributed by atoms with Crippen LogP contribution in [0.1, 0.15) is 44.1 Å². The Kier molecular flexibility index (Phi) is 6.31. The summed E-state index contributed by atoms with van der Waals surface area (Å²) >= 11 is 6.37. The van der Waals surface area contributed by atoms with Crippen LogP contribution in [0.5, 0.6) is 0 Å². The minimum Gasteiger partial charge on any atom is -0.311 e. The minimum atomic E-state index is -0.472. The van der Waals surface area contributed by atoms with E-state index < -0.39 is 5.54 Å². The van der Waals surface area contributed by atoms with E-state index in [1.54, 1.807) is 4.68 Å². The van der Waals surface area contributed by atoms with E-state index in [1.165, 1.54) is 0 Å². The summed E-state index contributed by atoms with van der Waals surface area (Å²) < 4.78 is 1.79. The van der Waals surface area contributed by atoms with Gasteiger partial charge in [0.05, 0.1) is 17.6 Å². The fourth-order valence-corrected chi connectivity index (χ4v) is 4.81. The fourth-order valence-electron chi connectivity index (χ4n) is 4.64. The molecule has 2 heterocycles. The van der Waals surface area contributed by atoms with Crippen LogP contribution in [0.2, 0.25) is 5.02 Å². The number of rotatable bonds is 8. The molecule has 1 N–H and O–H groups in total. The van der Waals surface area contributed by atoms with Crippen molar-refractivity contribution in [3.63, 3.8) is 0 Å². The van der Waals surface area contributed by atoms with Crippen LogP contribution in [0, 0.1) is 12.8 Å². The minimum absolute atomic E-state index is 0.138. The summed E-state index contributed by atoms with van der Waals surface area (Å²) in [5.74, 6) is 1.09. The molecule has 1 unspecified atom stereocenters. The van der Waals surface area contributed by atoms with Crippen molar-refractivity contribution in [2.75, 3.05) is 18.0 Å². The van der Waals surface area contributed by atoms with Crippen LogP contribution >= 0.6 is 11.6 Å². The van der Waals surface area contributed by atoms with Gasteiger partial charge in [0.25, 0.3) is 0 Å². The standard InChI is InChI=1S/C24H29ClN6O/c1-5-24(16(2)3,23-27-28-29-31(23)20-12-8-10-19(25)17(20)4)26-13-14-30-21-11-7-6-9-18(21)15-22(30)32/h6-12,16,26H,5,13-15H2,1-4H3. The smallest absolute Gasteiger partial charge is 0.231 e. The Labute approximate surface area is 193 Å². The number of nitrogens with one attached hydrogen (secondary N) is 1. The predicted octanol–water partition coefficient (Wildman–Crippen LogP) is 4.06. The van der Waals surface area contributed by atoms with Gasteiger partial charge in [0, 0.05) is 23.8 Å². The van der Waals surface area contributed by atoms with Crippen molar-refractivity contribution in [1.29, 1.82) is 0 Å². The van der Waals surface area contributed by atoms with E-state index in [0.29, 0.717) is 24.5 Å². The lowest BCUT2D eigenvalue weighted by Gasteiger charge is -2.37. The number of carbonyl (C=O) groups is 1.